The van der Waals surface area contributed by atoms with Crippen molar-refractivity contribution in [2.24, 2.45) is 5.10 Å². The molecule has 8 heteroatoms. The molecule has 4 aromatic rings. The highest BCUT2D eigenvalue weighted by Gasteiger charge is 2.07. The van der Waals surface area contributed by atoms with E-state index in [1.54, 1.807) is 43.5 Å². The Bertz CT molecular complexity index is 1360. The van der Waals surface area contributed by atoms with Crippen molar-refractivity contribution in [1.29, 1.82) is 0 Å². The third-order valence-electron chi connectivity index (χ3n) is 5.08. The molecule has 0 spiro atoms. The monoisotopic (exact) mass is 520 g/mol. The molecule has 0 aliphatic heterocycles. The lowest BCUT2D eigenvalue weighted by molar-refractivity contribution is 0.0955. The lowest BCUT2D eigenvalue weighted by Gasteiger charge is -2.09. The van der Waals surface area contributed by atoms with Gasteiger partial charge < -0.3 is 14.2 Å². The van der Waals surface area contributed by atoms with Crippen molar-refractivity contribution in [3.63, 3.8) is 0 Å². The number of hydrogen-bond donors (Lipinski definition) is 1. The van der Waals surface area contributed by atoms with Crippen LogP contribution in [0.15, 0.2) is 96.1 Å². The summed E-state index contributed by atoms with van der Waals surface area (Å²) in [4.78, 5) is 12.5. The quantitative estimate of drug-likeness (QED) is 0.188. The normalized spacial score (nSPS) is 10.8. The number of hydrazone groups is 1. The maximum absolute atomic E-state index is 12.5. The summed E-state index contributed by atoms with van der Waals surface area (Å²) in [5.41, 5.74) is 4.57. The van der Waals surface area contributed by atoms with Crippen LogP contribution in [0.3, 0.4) is 0 Å². The summed E-state index contributed by atoms with van der Waals surface area (Å²) < 4.78 is 16.9. The topological polar surface area (TPSA) is 69.2 Å². The van der Waals surface area contributed by atoms with Gasteiger partial charge >= 0.3 is 0 Å². The van der Waals surface area contributed by atoms with Gasteiger partial charge in [-0.2, -0.15) is 5.10 Å². The fourth-order valence-corrected chi connectivity index (χ4v) is 3.50. The molecule has 0 fully saturated rings. The van der Waals surface area contributed by atoms with Crippen molar-refractivity contribution in [3.05, 3.63) is 118 Å². The Hall–Kier alpha value is -4.00. The molecule has 36 heavy (non-hydrogen) atoms. The van der Waals surface area contributed by atoms with E-state index in [0.717, 1.165) is 11.3 Å². The SMILES string of the molecule is COc1ccc(Oc2ccccc2/C=N\NC(=O)c2ccc(OCc3ccc(Cl)c(Cl)c3)cc2)cc1. The van der Waals surface area contributed by atoms with Crippen LogP contribution in [0.4, 0.5) is 0 Å². The van der Waals surface area contributed by atoms with Crippen LogP contribution in [0.5, 0.6) is 23.0 Å². The van der Waals surface area contributed by atoms with E-state index in [-0.39, 0.29) is 5.91 Å². The van der Waals surface area contributed by atoms with Crippen molar-refractivity contribution < 1.29 is 19.0 Å². The Kier molecular flexibility index (Phi) is 8.44. The minimum absolute atomic E-state index is 0.324. The van der Waals surface area contributed by atoms with Crippen molar-refractivity contribution in [3.8, 4) is 23.0 Å². The number of benzene rings is 4. The highest BCUT2D eigenvalue weighted by Crippen LogP contribution is 2.26. The van der Waals surface area contributed by atoms with Gasteiger partial charge in [-0.05, 0) is 78.4 Å². The first kappa shape index (κ1) is 25.1. The number of nitrogens with one attached hydrogen (secondary N) is 1. The molecule has 4 aromatic carbocycles. The minimum Gasteiger partial charge on any atom is -0.497 e. The Balaban J connectivity index is 1.33. The lowest BCUT2D eigenvalue weighted by Crippen LogP contribution is -2.17. The van der Waals surface area contributed by atoms with E-state index in [9.17, 15) is 4.79 Å². The summed E-state index contributed by atoms with van der Waals surface area (Å²) in [5.74, 6) is 2.26. The number of nitrogens with zero attached hydrogens (tertiary/aromatic N) is 1. The number of ether oxygens (including phenoxy) is 3. The molecule has 0 atom stereocenters. The molecule has 182 valence electrons. The first-order valence-electron chi connectivity index (χ1n) is 10.9. The largest absolute Gasteiger partial charge is 0.497 e. The summed E-state index contributed by atoms with van der Waals surface area (Å²) in [6.07, 6.45) is 1.53. The van der Waals surface area contributed by atoms with Crippen LogP contribution >= 0.6 is 23.2 Å². The molecule has 0 heterocycles. The van der Waals surface area contributed by atoms with Crippen molar-refractivity contribution in [2.45, 2.75) is 6.61 Å². The minimum atomic E-state index is -0.351. The van der Waals surface area contributed by atoms with Crippen LogP contribution in [0.2, 0.25) is 10.0 Å². The number of halogens is 2. The van der Waals surface area contributed by atoms with Gasteiger partial charge in [0.2, 0.25) is 0 Å². The Labute approximate surface area is 219 Å². The van der Waals surface area contributed by atoms with Gasteiger partial charge in [-0.25, -0.2) is 5.43 Å². The molecule has 1 amide bonds. The molecule has 0 unspecified atom stereocenters. The van der Waals surface area contributed by atoms with E-state index in [0.29, 0.717) is 45.0 Å². The van der Waals surface area contributed by atoms with Gasteiger partial charge in [0.05, 0.1) is 23.4 Å². The zero-order valence-electron chi connectivity index (χ0n) is 19.3. The Morgan fingerprint density at radius 3 is 2.28 bits per heavy atom. The average molecular weight is 521 g/mol. The van der Waals surface area contributed by atoms with E-state index in [4.69, 9.17) is 37.4 Å². The molecule has 4 rings (SSSR count). The molecule has 0 saturated carbocycles. The number of para-hydroxylation sites is 1. The maximum atomic E-state index is 12.5. The van der Waals surface area contributed by atoms with Gasteiger partial charge in [0.25, 0.3) is 5.91 Å². The molecule has 0 aliphatic carbocycles. The first-order valence-corrected chi connectivity index (χ1v) is 11.7. The maximum Gasteiger partial charge on any atom is 0.271 e. The molecule has 0 radical (unpaired) electrons. The molecular formula is C28H22Cl2N2O4. The number of methoxy groups -OCH3 is 1. The van der Waals surface area contributed by atoms with Gasteiger partial charge in [-0.15, -0.1) is 0 Å². The first-order chi connectivity index (χ1) is 17.5. The van der Waals surface area contributed by atoms with Crippen LogP contribution in [0, 0.1) is 0 Å². The third-order valence-corrected chi connectivity index (χ3v) is 5.82. The van der Waals surface area contributed by atoms with Crippen LogP contribution in [-0.2, 0) is 6.61 Å². The third kappa shape index (κ3) is 6.78. The second-order valence-corrected chi connectivity index (χ2v) is 8.39. The number of carbonyl (C=O) groups is 1. The standard InChI is InChI=1S/C28H22Cl2N2O4/c1-34-22-11-13-24(14-12-22)36-27-5-3-2-4-21(27)17-31-32-28(33)20-7-9-23(10-8-20)35-18-19-6-15-25(29)26(30)16-19/h2-17H,18H2,1H3,(H,32,33)/b31-17-. The van der Waals surface area contributed by atoms with Crippen molar-refractivity contribution in [1.82, 2.24) is 5.43 Å². The van der Waals surface area contributed by atoms with Crippen LogP contribution < -0.4 is 19.6 Å². The highest BCUT2D eigenvalue weighted by molar-refractivity contribution is 6.42. The summed E-state index contributed by atoms with van der Waals surface area (Å²) in [6.45, 7) is 0.324. The predicted molar refractivity (Wildman–Crippen MR) is 142 cm³/mol. The smallest absolute Gasteiger partial charge is 0.271 e. The van der Waals surface area contributed by atoms with Gasteiger partial charge in [0.15, 0.2) is 0 Å². The summed E-state index contributed by atoms with van der Waals surface area (Å²) in [5, 5.41) is 5.05. The molecule has 6 nitrogen and oxygen atoms in total. The fourth-order valence-electron chi connectivity index (χ4n) is 3.17. The molecule has 0 aliphatic rings. The zero-order valence-corrected chi connectivity index (χ0v) is 20.8. The zero-order chi connectivity index (χ0) is 25.3. The van der Waals surface area contributed by atoms with E-state index < -0.39 is 0 Å². The van der Waals surface area contributed by atoms with Gasteiger partial charge in [0.1, 0.15) is 29.6 Å². The average Bonchev–Trinajstić information content (AvgIpc) is 2.91. The van der Waals surface area contributed by atoms with Gasteiger partial charge in [-0.1, -0.05) is 41.4 Å². The number of hydrogen-bond acceptors (Lipinski definition) is 5. The van der Waals surface area contributed by atoms with Crippen LogP contribution in [0.1, 0.15) is 21.5 Å². The predicted octanol–water partition coefficient (Wildman–Crippen LogP) is 7.14. The number of amides is 1. The molecule has 0 bridgehead atoms. The van der Waals surface area contributed by atoms with E-state index in [1.165, 1.54) is 6.21 Å². The van der Waals surface area contributed by atoms with Crippen molar-refractivity contribution in [2.75, 3.05) is 7.11 Å². The molecule has 1 N–H and O–H groups in total. The van der Waals surface area contributed by atoms with E-state index in [2.05, 4.69) is 10.5 Å². The molecular weight excluding hydrogens is 499 g/mol. The number of rotatable bonds is 9. The highest BCUT2D eigenvalue weighted by atomic mass is 35.5. The summed E-state index contributed by atoms with van der Waals surface area (Å²) >= 11 is 12.0. The van der Waals surface area contributed by atoms with Gasteiger partial charge in [0, 0.05) is 11.1 Å². The van der Waals surface area contributed by atoms with Crippen LogP contribution in [0.25, 0.3) is 0 Å². The second kappa shape index (κ2) is 12.1. The van der Waals surface area contributed by atoms with E-state index in [1.807, 2.05) is 54.6 Å². The van der Waals surface area contributed by atoms with Crippen LogP contribution in [-0.4, -0.2) is 19.2 Å². The number of carbonyl (C=O) groups excluding carboxylic acids is 1. The Morgan fingerprint density at radius 2 is 1.56 bits per heavy atom. The summed E-state index contributed by atoms with van der Waals surface area (Å²) in [6, 6.07) is 26.7. The Morgan fingerprint density at radius 1 is 0.861 bits per heavy atom. The second-order valence-electron chi connectivity index (χ2n) is 7.58. The van der Waals surface area contributed by atoms with Crippen molar-refractivity contribution >= 4 is 35.3 Å². The lowest BCUT2D eigenvalue weighted by atomic mass is 10.2. The van der Waals surface area contributed by atoms with E-state index >= 15 is 0 Å². The van der Waals surface area contributed by atoms with Gasteiger partial charge in [-0.3, -0.25) is 4.79 Å². The summed E-state index contributed by atoms with van der Waals surface area (Å²) in [7, 11) is 1.61. The molecule has 0 saturated heterocycles. The fraction of sp³-hybridized carbons (Fsp3) is 0.0714. The molecule has 0 aromatic heterocycles.